The first-order valence-electron chi connectivity index (χ1n) is 7.93. The fourth-order valence-electron chi connectivity index (χ4n) is 2.96. The fourth-order valence-corrected chi connectivity index (χ4v) is 4.66. The van der Waals surface area contributed by atoms with Gasteiger partial charge in [-0.3, -0.25) is 9.48 Å². The molecule has 8 heteroatoms. The second kappa shape index (κ2) is 5.96. The van der Waals surface area contributed by atoms with Crippen molar-refractivity contribution in [1.82, 2.24) is 19.6 Å². The summed E-state index contributed by atoms with van der Waals surface area (Å²) in [5.41, 5.74) is 1.30. The molecular weight excluding hydrogens is 340 g/mol. The van der Waals surface area contributed by atoms with Gasteiger partial charge in [0.25, 0.3) is 0 Å². The fraction of sp³-hybridized carbons (Fsp3) is 0.235. The van der Waals surface area contributed by atoms with Gasteiger partial charge in [-0.15, -0.1) is 0 Å². The predicted octanol–water partition coefficient (Wildman–Crippen LogP) is 1.46. The van der Waals surface area contributed by atoms with Crippen LogP contribution in [0.5, 0.6) is 0 Å². The number of para-hydroxylation sites is 1. The third kappa shape index (κ3) is 3.12. The molecule has 3 aromatic rings. The maximum absolute atomic E-state index is 12.2. The molecule has 0 spiro atoms. The van der Waals surface area contributed by atoms with Gasteiger partial charge in [0, 0.05) is 18.5 Å². The minimum atomic E-state index is -2.99. The molecule has 1 fully saturated rings. The zero-order valence-corrected chi connectivity index (χ0v) is 14.1. The molecule has 25 heavy (non-hydrogen) atoms. The topological polar surface area (TPSA) is 86.9 Å². The highest BCUT2D eigenvalue weighted by atomic mass is 32.2. The molecule has 1 aliphatic rings. The first-order valence-corrected chi connectivity index (χ1v) is 9.75. The van der Waals surface area contributed by atoms with E-state index in [0.717, 1.165) is 5.69 Å². The summed E-state index contributed by atoms with van der Waals surface area (Å²) in [5.74, 6) is 0.266. The first-order chi connectivity index (χ1) is 12.0. The lowest BCUT2D eigenvalue weighted by Crippen LogP contribution is -2.14. The highest BCUT2D eigenvalue weighted by Gasteiger charge is 2.29. The van der Waals surface area contributed by atoms with E-state index >= 15 is 0 Å². The summed E-state index contributed by atoms with van der Waals surface area (Å²) in [6.07, 6.45) is 3.86. The Labute approximate surface area is 144 Å². The summed E-state index contributed by atoms with van der Waals surface area (Å²) in [4.78, 5) is 12.2. The SMILES string of the molecule is O=c1ccn(-c2ccccc2)nc1-c1ccn(C2CCS(=O)(=O)C2)n1. The summed E-state index contributed by atoms with van der Waals surface area (Å²) < 4.78 is 26.5. The van der Waals surface area contributed by atoms with E-state index in [1.807, 2.05) is 30.3 Å². The average Bonchev–Trinajstić information content (AvgIpc) is 3.22. The average molecular weight is 356 g/mol. The smallest absolute Gasteiger partial charge is 0.209 e. The van der Waals surface area contributed by atoms with Gasteiger partial charge in [-0.2, -0.15) is 10.2 Å². The summed E-state index contributed by atoms with van der Waals surface area (Å²) in [6, 6.07) is 12.4. The third-order valence-electron chi connectivity index (χ3n) is 4.26. The van der Waals surface area contributed by atoms with Gasteiger partial charge in [0.2, 0.25) is 5.43 Å². The third-order valence-corrected chi connectivity index (χ3v) is 6.01. The van der Waals surface area contributed by atoms with Crippen molar-refractivity contribution in [2.45, 2.75) is 12.5 Å². The molecule has 128 valence electrons. The number of nitrogens with zero attached hydrogens (tertiary/aromatic N) is 4. The highest BCUT2D eigenvalue weighted by Crippen LogP contribution is 2.24. The molecule has 7 nitrogen and oxygen atoms in total. The number of rotatable bonds is 3. The van der Waals surface area contributed by atoms with Gasteiger partial charge >= 0.3 is 0 Å². The normalized spacial score (nSPS) is 19.1. The van der Waals surface area contributed by atoms with Gasteiger partial charge in [0.05, 0.1) is 23.2 Å². The van der Waals surface area contributed by atoms with Gasteiger partial charge in [-0.1, -0.05) is 18.2 Å². The summed E-state index contributed by atoms with van der Waals surface area (Å²) in [7, 11) is -2.99. The van der Waals surface area contributed by atoms with E-state index < -0.39 is 9.84 Å². The molecule has 0 bridgehead atoms. The Kier molecular flexibility index (Phi) is 3.76. The number of hydrogen-bond donors (Lipinski definition) is 0. The van der Waals surface area contributed by atoms with Crippen molar-refractivity contribution in [3.8, 4) is 17.1 Å². The first kappa shape index (κ1) is 15.8. The monoisotopic (exact) mass is 356 g/mol. The van der Waals surface area contributed by atoms with Crippen molar-refractivity contribution in [2.24, 2.45) is 0 Å². The molecule has 0 amide bonds. The minimum Gasteiger partial charge on any atom is -0.287 e. The van der Waals surface area contributed by atoms with Gasteiger partial charge in [0.15, 0.2) is 15.5 Å². The van der Waals surface area contributed by atoms with E-state index in [1.165, 1.54) is 6.07 Å². The van der Waals surface area contributed by atoms with Crippen molar-refractivity contribution >= 4 is 9.84 Å². The van der Waals surface area contributed by atoms with E-state index in [-0.39, 0.29) is 28.7 Å². The van der Waals surface area contributed by atoms with Gasteiger partial charge in [-0.25, -0.2) is 13.1 Å². The lowest BCUT2D eigenvalue weighted by Gasteiger charge is -2.08. The van der Waals surface area contributed by atoms with Crippen molar-refractivity contribution in [3.63, 3.8) is 0 Å². The second-order valence-electron chi connectivity index (χ2n) is 6.05. The summed E-state index contributed by atoms with van der Waals surface area (Å²) >= 11 is 0. The van der Waals surface area contributed by atoms with Crippen LogP contribution in [0.4, 0.5) is 0 Å². The molecule has 1 unspecified atom stereocenters. The Morgan fingerprint density at radius 2 is 1.80 bits per heavy atom. The van der Waals surface area contributed by atoms with Crippen LogP contribution in [0.2, 0.25) is 0 Å². The van der Waals surface area contributed by atoms with Crippen molar-refractivity contribution in [3.05, 3.63) is 65.1 Å². The van der Waals surface area contributed by atoms with Crippen molar-refractivity contribution in [1.29, 1.82) is 0 Å². The molecule has 0 saturated carbocycles. The van der Waals surface area contributed by atoms with Gasteiger partial charge < -0.3 is 0 Å². The Hall–Kier alpha value is -2.74. The molecule has 4 rings (SSSR count). The molecule has 1 aliphatic heterocycles. The molecule has 1 saturated heterocycles. The van der Waals surface area contributed by atoms with Crippen molar-refractivity contribution in [2.75, 3.05) is 11.5 Å². The molecule has 0 N–H and O–H groups in total. The van der Waals surface area contributed by atoms with Crippen LogP contribution < -0.4 is 5.43 Å². The van der Waals surface area contributed by atoms with Crippen molar-refractivity contribution < 1.29 is 8.42 Å². The lowest BCUT2D eigenvalue weighted by atomic mass is 10.3. The molecule has 2 aromatic heterocycles. The maximum Gasteiger partial charge on any atom is 0.209 e. The maximum atomic E-state index is 12.2. The Balaban J connectivity index is 1.70. The number of benzene rings is 1. The van der Waals surface area contributed by atoms with Crippen LogP contribution in [0.1, 0.15) is 12.5 Å². The standard InChI is InChI=1S/C17H16N4O3S/c22-16-7-10-20(13-4-2-1-3-5-13)19-17(16)15-6-9-21(18-15)14-8-11-25(23,24)12-14/h1-7,9-10,14H,8,11-12H2. The minimum absolute atomic E-state index is 0.0879. The molecule has 0 radical (unpaired) electrons. The Morgan fingerprint density at radius 1 is 1.00 bits per heavy atom. The summed E-state index contributed by atoms with van der Waals surface area (Å²) in [5, 5.41) is 8.79. The molecule has 0 aliphatic carbocycles. The Morgan fingerprint density at radius 3 is 2.52 bits per heavy atom. The molecule has 3 heterocycles. The quantitative estimate of drug-likeness (QED) is 0.709. The second-order valence-corrected chi connectivity index (χ2v) is 8.28. The summed E-state index contributed by atoms with van der Waals surface area (Å²) in [6.45, 7) is 0. The predicted molar refractivity (Wildman–Crippen MR) is 93.4 cm³/mol. The number of hydrogen-bond acceptors (Lipinski definition) is 5. The van der Waals surface area contributed by atoms with E-state index in [0.29, 0.717) is 12.1 Å². The van der Waals surface area contributed by atoms with Crippen LogP contribution in [0.3, 0.4) is 0 Å². The van der Waals surface area contributed by atoms with Crippen LogP contribution in [0.15, 0.2) is 59.7 Å². The lowest BCUT2D eigenvalue weighted by molar-refractivity contribution is 0.500. The molecule has 1 aromatic carbocycles. The van der Waals surface area contributed by atoms with Crippen LogP contribution in [-0.4, -0.2) is 39.5 Å². The van der Waals surface area contributed by atoms with Gasteiger partial charge in [-0.05, 0) is 24.6 Å². The van der Waals surface area contributed by atoms with Gasteiger partial charge in [0.1, 0.15) is 5.69 Å². The zero-order valence-electron chi connectivity index (χ0n) is 13.3. The largest absolute Gasteiger partial charge is 0.287 e. The number of sulfone groups is 1. The Bertz CT molecular complexity index is 1070. The number of aromatic nitrogens is 4. The van der Waals surface area contributed by atoms with E-state index in [1.54, 1.807) is 27.8 Å². The molecule has 1 atom stereocenters. The molecular formula is C17H16N4O3S. The highest BCUT2D eigenvalue weighted by molar-refractivity contribution is 7.91. The van der Waals surface area contributed by atoms with Crippen LogP contribution in [0.25, 0.3) is 17.1 Å². The zero-order chi connectivity index (χ0) is 17.4. The van der Waals surface area contributed by atoms with Crippen LogP contribution >= 0.6 is 0 Å². The van der Waals surface area contributed by atoms with Crippen LogP contribution in [-0.2, 0) is 9.84 Å². The van der Waals surface area contributed by atoms with E-state index in [9.17, 15) is 13.2 Å². The van der Waals surface area contributed by atoms with E-state index in [4.69, 9.17) is 0 Å². The van der Waals surface area contributed by atoms with E-state index in [2.05, 4.69) is 10.2 Å². The van der Waals surface area contributed by atoms with Crippen LogP contribution in [0, 0.1) is 0 Å².